The smallest absolute Gasteiger partial charge is 0.191 e. The van der Waals surface area contributed by atoms with Crippen LogP contribution in [0.2, 0.25) is 0 Å². The third-order valence-corrected chi connectivity index (χ3v) is 5.35. The molecular formula is C24H49O2. The third kappa shape index (κ3) is 22.0. The molecule has 157 valence electrons. The van der Waals surface area contributed by atoms with Crippen molar-refractivity contribution in [2.24, 2.45) is 0 Å². The Labute approximate surface area is 165 Å². The second-order valence-corrected chi connectivity index (χ2v) is 8.10. The summed E-state index contributed by atoms with van der Waals surface area (Å²) in [5, 5.41) is 11.8. The average Bonchev–Trinajstić information content (AvgIpc) is 2.64. The molecule has 1 radical (unpaired) electrons. The summed E-state index contributed by atoms with van der Waals surface area (Å²) < 4.78 is 5.43. The van der Waals surface area contributed by atoms with Gasteiger partial charge in [0.25, 0.3) is 0 Å². The zero-order valence-electron chi connectivity index (χ0n) is 18.2. The quantitative estimate of drug-likeness (QED) is 0.139. The van der Waals surface area contributed by atoms with Crippen LogP contribution in [0.15, 0.2) is 0 Å². The minimum absolute atomic E-state index is 0.669. The summed E-state index contributed by atoms with van der Waals surface area (Å²) in [6.45, 7) is 5.20. The highest BCUT2D eigenvalue weighted by Crippen LogP contribution is 2.13. The molecule has 0 aromatic carbocycles. The fraction of sp³-hybridized carbons (Fsp3) is 1.00. The molecule has 2 nitrogen and oxygen atoms in total. The lowest BCUT2D eigenvalue weighted by molar-refractivity contribution is -0.144. The van der Waals surface area contributed by atoms with Crippen LogP contribution in [-0.2, 0) is 9.84 Å². The van der Waals surface area contributed by atoms with E-state index in [4.69, 9.17) is 4.74 Å². The lowest BCUT2D eigenvalue weighted by Crippen LogP contribution is -2.11. The van der Waals surface area contributed by atoms with Crippen molar-refractivity contribution in [3.8, 4) is 0 Å². The number of unbranched alkanes of at least 4 members (excludes halogenated alkanes) is 17. The van der Waals surface area contributed by atoms with Gasteiger partial charge in [0.15, 0.2) is 6.29 Å². The van der Waals surface area contributed by atoms with Gasteiger partial charge in [0, 0.05) is 13.0 Å². The van der Waals surface area contributed by atoms with Crippen molar-refractivity contribution in [3.63, 3.8) is 0 Å². The lowest BCUT2D eigenvalue weighted by atomic mass is 10.1. The zero-order valence-corrected chi connectivity index (χ0v) is 18.2. The highest BCUT2D eigenvalue weighted by Gasteiger charge is 2.05. The Kier molecular flexibility index (Phi) is 22.9. The Hall–Kier alpha value is -0.0800. The van der Waals surface area contributed by atoms with Gasteiger partial charge < -0.3 is 4.74 Å². The average molecular weight is 370 g/mol. The van der Waals surface area contributed by atoms with Crippen LogP contribution in [-0.4, -0.2) is 12.9 Å². The molecule has 0 spiro atoms. The van der Waals surface area contributed by atoms with Crippen molar-refractivity contribution in [1.82, 2.24) is 0 Å². The zero-order chi connectivity index (χ0) is 19.1. The third-order valence-electron chi connectivity index (χ3n) is 5.35. The van der Waals surface area contributed by atoms with Crippen LogP contribution in [0.3, 0.4) is 0 Å². The molecule has 1 atom stereocenters. The van der Waals surface area contributed by atoms with E-state index in [-0.39, 0.29) is 0 Å². The molecule has 0 bridgehead atoms. The predicted octanol–water partition coefficient (Wildman–Crippen LogP) is 8.60. The topological polar surface area (TPSA) is 29.1 Å². The summed E-state index contributed by atoms with van der Waals surface area (Å²) in [5.41, 5.74) is 0. The van der Waals surface area contributed by atoms with Crippen LogP contribution < -0.4 is 0 Å². The first-order valence-electron chi connectivity index (χ1n) is 12.1. The van der Waals surface area contributed by atoms with E-state index in [2.05, 4.69) is 13.8 Å². The van der Waals surface area contributed by atoms with Crippen molar-refractivity contribution in [1.29, 1.82) is 0 Å². The van der Waals surface area contributed by atoms with Gasteiger partial charge in [-0.25, -0.2) is 5.11 Å². The van der Waals surface area contributed by atoms with Crippen LogP contribution >= 0.6 is 0 Å². The molecule has 0 aliphatic carbocycles. The van der Waals surface area contributed by atoms with Crippen LogP contribution in [0.1, 0.15) is 142 Å². The van der Waals surface area contributed by atoms with Crippen molar-refractivity contribution in [3.05, 3.63) is 0 Å². The molecule has 1 unspecified atom stereocenters. The van der Waals surface area contributed by atoms with Gasteiger partial charge >= 0.3 is 0 Å². The number of rotatable bonds is 22. The van der Waals surface area contributed by atoms with E-state index in [1.54, 1.807) is 0 Å². The minimum atomic E-state index is -0.780. The molecule has 0 fully saturated rings. The molecule has 26 heavy (non-hydrogen) atoms. The number of hydrogen-bond acceptors (Lipinski definition) is 1. The van der Waals surface area contributed by atoms with Gasteiger partial charge in [0.2, 0.25) is 0 Å². The fourth-order valence-corrected chi connectivity index (χ4v) is 3.51. The molecular weight excluding hydrogens is 320 g/mol. The number of ether oxygens (including phenoxy) is 1. The summed E-state index contributed by atoms with van der Waals surface area (Å²) >= 11 is 0. The molecule has 0 N–H and O–H groups in total. The Morgan fingerprint density at radius 3 is 1.27 bits per heavy atom. The van der Waals surface area contributed by atoms with E-state index in [0.29, 0.717) is 13.0 Å². The van der Waals surface area contributed by atoms with Crippen molar-refractivity contribution >= 4 is 0 Å². The van der Waals surface area contributed by atoms with Gasteiger partial charge in [-0.1, -0.05) is 123 Å². The van der Waals surface area contributed by atoms with E-state index in [9.17, 15) is 5.11 Å². The summed E-state index contributed by atoms with van der Waals surface area (Å²) in [7, 11) is 0. The van der Waals surface area contributed by atoms with E-state index in [1.165, 1.54) is 109 Å². The highest BCUT2D eigenvalue weighted by atomic mass is 16.6. The van der Waals surface area contributed by atoms with E-state index in [1.807, 2.05) is 0 Å². The summed E-state index contributed by atoms with van der Waals surface area (Å²) in [5.74, 6) is 0. The van der Waals surface area contributed by atoms with Crippen LogP contribution in [0.4, 0.5) is 0 Å². The second kappa shape index (κ2) is 23.0. The van der Waals surface area contributed by atoms with Gasteiger partial charge in [-0.3, -0.25) is 0 Å². The van der Waals surface area contributed by atoms with Gasteiger partial charge in [-0.05, 0) is 12.8 Å². The Balaban J connectivity index is 3.12. The Morgan fingerprint density at radius 1 is 0.500 bits per heavy atom. The molecule has 0 saturated heterocycles. The number of hydrogen-bond donors (Lipinski definition) is 0. The Morgan fingerprint density at radius 2 is 0.846 bits per heavy atom. The highest BCUT2D eigenvalue weighted by molar-refractivity contribution is 4.50. The maximum Gasteiger partial charge on any atom is 0.191 e. The summed E-state index contributed by atoms with van der Waals surface area (Å²) in [6, 6.07) is 0. The molecule has 0 amide bonds. The largest absolute Gasteiger partial charge is 0.350 e. The van der Waals surface area contributed by atoms with Gasteiger partial charge in [0.1, 0.15) is 0 Å². The molecule has 0 aromatic heterocycles. The molecule has 0 aliphatic heterocycles. The molecule has 2 heteroatoms. The molecule has 0 saturated carbocycles. The monoisotopic (exact) mass is 369 g/mol. The predicted molar refractivity (Wildman–Crippen MR) is 114 cm³/mol. The first-order chi connectivity index (χ1) is 12.8. The molecule has 0 aliphatic rings. The molecule has 0 rings (SSSR count). The SMILES string of the molecule is CCCCCCCCCCCCOC([O])CCCCCCCCCCC. The molecule has 0 heterocycles. The van der Waals surface area contributed by atoms with Crippen molar-refractivity contribution in [2.75, 3.05) is 6.61 Å². The van der Waals surface area contributed by atoms with Crippen molar-refractivity contribution in [2.45, 2.75) is 149 Å². The van der Waals surface area contributed by atoms with Crippen LogP contribution in [0.25, 0.3) is 0 Å². The van der Waals surface area contributed by atoms with Gasteiger partial charge in [0.05, 0.1) is 0 Å². The normalized spacial score (nSPS) is 12.6. The van der Waals surface area contributed by atoms with Crippen LogP contribution in [0, 0.1) is 0 Å². The standard InChI is InChI=1S/C24H49O2/c1-3-5-7-9-11-13-15-17-19-21-23-26-24(25)22-20-18-16-14-12-10-8-6-4-2/h24H,3-23H2,1-2H3. The maximum atomic E-state index is 11.8. The fourth-order valence-electron chi connectivity index (χ4n) is 3.51. The second-order valence-electron chi connectivity index (χ2n) is 8.10. The maximum absolute atomic E-state index is 11.8. The first kappa shape index (κ1) is 25.9. The Bertz CT molecular complexity index is 242. The lowest BCUT2D eigenvalue weighted by Gasteiger charge is -2.10. The minimum Gasteiger partial charge on any atom is -0.350 e. The van der Waals surface area contributed by atoms with Crippen LogP contribution in [0.5, 0.6) is 0 Å². The molecule has 0 aromatic rings. The van der Waals surface area contributed by atoms with Crippen molar-refractivity contribution < 1.29 is 9.84 Å². The van der Waals surface area contributed by atoms with Gasteiger partial charge in [-0.2, -0.15) is 0 Å². The van der Waals surface area contributed by atoms with E-state index >= 15 is 0 Å². The van der Waals surface area contributed by atoms with Gasteiger partial charge in [-0.15, -0.1) is 0 Å². The first-order valence-corrected chi connectivity index (χ1v) is 12.1. The van der Waals surface area contributed by atoms with E-state index in [0.717, 1.165) is 12.8 Å². The van der Waals surface area contributed by atoms with E-state index < -0.39 is 6.29 Å². The summed E-state index contributed by atoms with van der Waals surface area (Å²) in [4.78, 5) is 0. The summed E-state index contributed by atoms with van der Waals surface area (Å²) in [6.07, 6.45) is 24.9.